The van der Waals surface area contributed by atoms with Crippen LogP contribution in [0.2, 0.25) is 0 Å². The molecule has 1 atom stereocenters. The number of likely N-dealkylation sites (N-methyl/N-ethyl adjacent to an activating group) is 2. The van der Waals surface area contributed by atoms with Gasteiger partial charge in [-0.3, -0.25) is 4.79 Å². The van der Waals surface area contributed by atoms with Crippen molar-refractivity contribution < 1.29 is 32.7 Å². The standard InChI is InChI=1S/C10H16F3N3O4/c1-4-16(5-6(17)14-3)8(20)15-9(2,7(18)19)10(11,12)13/h4-5H2,1-3H3,(H,14,17)(H,15,20)(H,18,19). The molecule has 0 aromatic heterocycles. The van der Waals surface area contributed by atoms with Crippen molar-refractivity contribution in [3.8, 4) is 0 Å². The topological polar surface area (TPSA) is 98.7 Å². The molecule has 10 heteroatoms. The Labute approximate surface area is 113 Å². The van der Waals surface area contributed by atoms with E-state index < -0.39 is 36.2 Å². The van der Waals surface area contributed by atoms with Crippen molar-refractivity contribution in [1.29, 1.82) is 0 Å². The van der Waals surface area contributed by atoms with E-state index in [0.29, 0.717) is 6.92 Å². The summed E-state index contributed by atoms with van der Waals surface area (Å²) in [5.74, 6) is -2.83. The van der Waals surface area contributed by atoms with Gasteiger partial charge in [0.1, 0.15) is 6.54 Å². The van der Waals surface area contributed by atoms with Gasteiger partial charge < -0.3 is 20.6 Å². The highest BCUT2D eigenvalue weighted by molar-refractivity contribution is 5.89. The quantitative estimate of drug-likeness (QED) is 0.674. The molecule has 0 bridgehead atoms. The maximum atomic E-state index is 12.7. The SMILES string of the molecule is CCN(CC(=O)NC)C(=O)NC(C)(C(=O)O)C(F)(F)F. The van der Waals surface area contributed by atoms with E-state index in [2.05, 4.69) is 5.32 Å². The minimum atomic E-state index is -5.18. The first-order chi connectivity index (χ1) is 8.99. The van der Waals surface area contributed by atoms with Gasteiger partial charge in [0.2, 0.25) is 11.4 Å². The average Bonchev–Trinajstić information content (AvgIpc) is 2.33. The first-order valence-electron chi connectivity index (χ1n) is 5.57. The van der Waals surface area contributed by atoms with Gasteiger partial charge in [0.25, 0.3) is 0 Å². The lowest BCUT2D eigenvalue weighted by atomic mass is 10.0. The van der Waals surface area contributed by atoms with Crippen LogP contribution in [0.4, 0.5) is 18.0 Å². The van der Waals surface area contributed by atoms with Crippen molar-refractivity contribution >= 4 is 17.9 Å². The number of nitrogens with one attached hydrogen (secondary N) is 2. The van der Waals surface area contributed by atoms with Crippen LogP contribution in [0, 0.1) is 0 Å². The van der Waals surface area contributed by atoms with Crippen molar-refractivity contribution in [1.82, 2.24) is 15.5 Å². The first-order valence-corrected chi connectivity index (χ1v) is 5.57. The molecule has 0 saturated heterocycles. The van der Waals surface area contributed by atoms with Crippen LogP contribution >= 0.6 is 0 Å². The smallest absolute Gasteiger partial charge is 0.422 e. The van der Waals surface area contributed by atoms with Crippen molar-refractivity contribution in [2.75, 3.05) is 20.1 Å². The Bertz CT molecular complexity index is 400. The van der Waals surface area contributed by atoms with Gasteiger partial charge in [-0.1, -0.05) is 0 Å². The van der Waals surface area contributed by atoms with Crippen LogP contribution in [-0.4, -0.2) is 59.8 Å². The zero-order chi connectivity index (χ0) is 16.1. The van der Waals surface area contributed by atoms with Gasteiger partial charge in [0.15, 0.2) is 0 Å². The van der Waals surface area contributed by atoms with Crippen molar-refractivity contribution in [2.24, 2.45) is 0 Å². The molecule has 0 aliphatic carbocycles. The van der Waals surface area contributed by atoms with E-state index in [-0.39, 0.29) is 6.54 Å². The summed E-state index contributed by atoms with van der Waals surface area (Å²) < 4.78 is 38.2. The lowest BCUT2D eigenvalue weighted by Gasteiger charge is -2.31. The third kappa shape index (κ3) is 4.00. The number of carbonyl (C=O) groups excluding carboxylic acids is 2. The number of aliphatic carboxylic acids is 1. The summed E-state index contributed by atoms with van der Waals surface area (Å²) >= 11 is 0. The van der Waals surface area contributed by atoms with Crippen molar-refractivity contribution in [3.05, 3.63) is 0 Å². The van der Waals surface area contributed by atoms with E-state index >= 15 is 0 Å². The highest BCUT2D eigenvalue weighted by atomic mass is 19.4. The van der Waals surface area contributed by atoms with Gasteiger partial charge in [0, 0.05) is 13.6 Å². The van der Waals surface area contributed by atoms with E-state index in [0.717, 1.165) is 4.90 Å². The van der Waals surface area contributed by atoms with Crippen LogP contribution in [0.25, 0.3) is 0 Å². The minimum Gasteiger partial charge on any atom is -0.479 e. The van der Waals surface area contributed by atoms with E-state index in [1.807, 2.05) is 0 Å². The average molecular weight is 299 g/mol. The summed E-state index contributed by atoms with van der Waals surface area (Å²) in [5, 5.41) is 12.3. The number of nitrogens with zero attached hydrogens (tertiary/aromatic N) is 1. The van der Waals surface area contributed by atoms with Crippen LogP contribution in [0.3, 0.4) is 0 Å². The Morgan fingerprint density at radius 2 is 1.75 bits per heavy atom. The highest BCUT2D eigenvalue weighted by Crippen LogP contribution is 2.30. The Kier molecular flexibility index (Phi) is 5.79. The maximum Gasteiger partial charge on any atom is 0.422 e. The number of carboxylic acid groups (broad SMARTS) is 1. The summed E-state index contributed by atoms with van der Waals surface area (Å²) in [4.78, 5) is 34.3. The Hall–Kier alpha value is -2.00. The van der Waals surface area contributed by atoms with Gasteiger partial charge in [-0.2, -0.15) is 13.2 Å². The van der Waals surface area contributed by atoms with Gasteiger partial charge in [0.05, 0.1) is 0 Å². The molecule has 1 unspecified atom stereocenters. The maximum absolute atomic E-state index is 12.7. The second-order valence-corrected chi connectivity index (χ2v) is 4.05. The lowest BCUT2D eigenvalue weighted by molar-refractivity contribution is -0.203. The van der Waals surface area contributed by atoms with E-state index in [4.69, 9.17) is 5.11 Å². The number of hydrogen-bond donors (Lipinski definition) is 3. The number of alkyl halides is 3. The molecule has 0 fully saturated rings. The zero-order valence-electron chi connectivity index (χ0n) is 11.2. The Morgan fingerprint density at radius 3 is 2.05 bits per heavy atom. The third-order valence-electron chi connectivity index (χ3n) is 2.63. The molecule has 0 rings (SSSR count). The van der Waals surface area contributed by atoms with Crippen LogP contribution in [0.5, 0.6) is 0 Å². The summed E-state index contributed by atoms with van der Waals surface area (Å²) in [6.45, 7) is 1.23. The number of halogens is 3. The van der Waals surface area contributed by atoms with Crippen molar-refractivity contribution in [2.45, 2.75) is 25.6 Å². The normalized spacial score (nSPS) is 14.1. The number of carbonyl (C=O) groups is 3. The summed E-state index contributed by atoms with van der Waals surface area (Å²) in [6, 6.07) is -1.29. The lowest BCUT2D eigenvalue weighted by Crippen LogP contribution is -2.64. The largest absolute Gasteiger partial charge is 0.479 e. The minimum absolute atomic E-state index is 0.0627. The molecule has 0 saturated carbocycles. The number of amides is 3. The molecule has 3 N–H and O–H groups in total. The number of hydrogen-bond acceptors (Lipinski definition) is 3. The van der Waals surface area contributed by atoms with Crippen LogP contribution in [-0.2, 0) is 9.59 Å². The van der Waals surface area contributed by atoms with Crippen LogP contribution < -0.4 is 10.6 Å². The molecule has 20 heavy (non-hydrogen) atoms. The Balaban J connectivity index is 5.10. The summed E-state index contributed by atoms with van der Waals surface area (Å²) in [7, 11) is 1.30. The fourth-order valence-electron chi connectivity index (χ4n) is 1.12. The molecule has 0 aromatic carbocycles. The molecule has 0 radical (unpaired) electrons. The number of rotatable bonds is 5. The fourth-order valence-corrected chi connectivity index (χ4v) is 1.12. The predicted octanol–water partition coefficient (Wildman–Crippen LogP) is 0.170. The number of carboxylic acids is 1. The molecule has 0 aliphatic heterocycles. The van der Waals surface area contributed by atoms with Crippen LogP contribution in [0.15, 0.2) is 0 Å². The second kappa shape index (κ2) is 6.44. The zero-order valence-corrected chi connectivity index (χ0v) is 11.2. The summed E-state index contributed by atoms with van der Waals surface area (Å²) in [5.41, 5.74) is -3.43. The molecule has 0 aromatic rings. The van der Waals surface area contributed by atoms with Crippen molar-refractivity contribution in [3.63, 3.8) is 0 Å². The molecule has 3 amide bonds. The first kappa shape index (κ1) is 18.0. The fraction of sp³-hybridized carbons (Fsp3) is 0.700. The van der Waals surface area contributed by atoms with Gasteiger partial charge >= 0.3 is 18.2 Å². The molecule has 0 heterocycles. The second-order valence-electron chi connectivity index (χ2n) is 4.05. The Morgan fingerprint density at radius 1 is 1.25 bits per heavy atom. The molecular weight excluding hydrogens is 283 g/mol. The molecule has 0 aliphatic rings. The monoisotopic (exact) mass is 299 g/mol. The van der Waals surface area contributed by atoms with E-state index in [9.17, 15) is 27.6 Å². The van der Waals surface area contributed by atoms with Gasteiger partial charge in [-0.25, -0.2) is 9.59 Å². The summed E-state index contributed by atoms with van der Waals surface area (Å²) in [6.07, 6.45) is -5.18. The van der Waals surface area contributed by atoms with Gasteiger partial charge in [-0.05, 0) is 13.8 Å². The number of urea groups is 1. The highest BCUT2D eigenvalue weighted by Gasteiger charge is 2.58. The molecule has 7 nitrogen and oxygen atoms in total. The van der Waals surface area contributed by atoms with E-state index in [1.165, 1.54) is 19.3 Å². The van der Waals surface area contributed by atoms with Crippen LogP contribution in [0.1, 0.15) is 13.8 Å². The molecule has 116 valence electrons. The molecule has 0 spiro atoms. The molecular formula is C10H16F3N3O4. The van der Waals surface area contributed by atoms with E-state index in [1.54, 1.807) is 0 Å². The predicted molar refractivity (Wildman–Crippen MR) is 61.9 cm³/mol. The third-order valence-corrected chi connectivity index (χ3v) is 2.63. The van der Waals surface area contributed by atoms with Gasteiger partial charge in [-0.15, -0.1) is 0 Å².